The second kappa shape index (κ2) is 26.7. The molecule has 452 valence electrons. The van der Waals surface area contributed by atoms with Crippen LogP contribution in [0.4, 0.5) is 28.9 Å². The minimum Gasteiger partial charge on any atom is -0.495 e. The number of nitriles is 2. The van der Waals surface area contributed by atoms with Crippen LogP contribution in [0.1, 0.15) is 116 Å². The van der Waals surface area contributed by atoms with Crippen molar-refractivity contribution >= 4 is 81.5 Å². The number of rotatable bonds is 15. The van der Waals surface area contributed by atoms with E-state index >= 15 is 17.6 Å². The van der Waals surface area contributed by atoms with Crippen LogP contribution in [-0.4, -0.2) is 73.9 Å². The molecule has 0 bridgehead atoms. The van der Waals surface area contributed by atoms with E-state index in [1.54, 1.807) is 6.92 Å². The molecule has 14 nitrogen and oxygen atoms in total. The first-order valence-electron chi connectivity index (χ1n) is 27.0. The lowest BCUT2D eigenvalue weighted by molar-refractivity contribution is -0.119. The van der Waals surface area contributed by atoms with E-state index in [0.29, 0.717) is 12.8 Å². The number of esters is 1. The number of carboxylic acids is 1. The van der Waals surface area contributed by atoms with Crippen molar-refractivity contribution < 1.29 is 56.1 Å². The molecule has 2 aliphatic heterocycles. The van der Waals surface area contributed by atoms with Gasteiger partial charge >= 0.3 is 11.9 Å². The smallest absolute Gasteiger partial charge is 0.338 e. The SMILES string of the molecule is CCOC(=O)c1ccc(NC(=O)[C@@H]2N[C@@H](CC(C)(C)C)[C@](C#N)(c3ccc(Cl)cc3F)[C@H]2c2cccc(Cl)c2F)c(OC)c1.COc1cc(C(=O)O)ccc1NC(=O)[C@@H]1N[C@@H](CC(C)(C)C)[C@](C#N)(c2ccc(Cl)cc2F)[C@H]1c1cccc(Cl)c1F. The Kier molecular flexibility index (Phi) is 20.5. The summed E-state index contributed by atoms with van der Waals surface area (Å²) < 4.78 is 79.0. The number of methoxy groups -OCH3 is 2. The minimum atomic E-state index is -1.78. The summed E-state index contributed by atoms with van der Waals surface area (Å²) in [5.74, 6) is -8.49. The molecule has 2 fully saturated rings. The highest BCUT2D eigenvalue weighted by atomic mass is 35.5. The van der Waals surface area contributed by atoms with Gasteiger partial charge in [-0.2, -0.15) is 10.5 Å². The molecule has 22 heteroatoms. The maximum Gasteiger partial charge on any atom is 0.338 e. The molecular weight excluding hydrogens is 1200 g/mol. The second-order valence-corrected chi connectivity index (χ2v) is 24.9. The van der Waals surface area contributed by atoms with Crippen molar-refractivity contribution in [3.8, 4) is 23.6 Å². The molecule has 0 aliphatic carbocycles. The second-order valence-electron chi connectivity index (χ2n) is 23.2. The van der Waals surface area contributed by atoms with Crippen LogP contribution in [0.15, 0.2) is 109 Å². The molecule has 2 amide bonds. The number of anilines is 2. The molecular formula is C64H62Cl4F4N6O8. The van der Waals surface area contributed by atoms with Gasteiger partial charge in [0.05, 0.1) is 77.6 Å². The third-order valence-corrected chi connectivity index (χ3v) is 16.2. The van der Waals surface area contributed by atoms with Crippen molar-refractivity contribution in [3.05, 3.63) is 186 Å². The molecule has 0 unspecified atom stereocenters. The topological polar surface area (TPSA) is 212 Å². The third kappa shape index (κ3) is 13.6. The number of carbonyl (C=O) groups excluding carboxylic acids is 3. The Morgan fingerprint density at radius 2 is 1.00 bits per heavy atom. The lowest BCUT2D eigenvalue weighted by Gasteiger charge is -2.37. The molecule has 0 aromatic heterocycles. The van der Waals surface area contributed by atoms with Crippen molar-refractivity contribution in [1.82, 2.24) is 10.6 Å². The fraction of sp³-hybridized carbons (Fsp3) is 0.344. The fourth-order valence-corrected chi connectivity index (χ4v) is 12.3. The number of ether oxygens (including phenoxy) is 3. The molecule has 8 atom stereocenters. The van der Waals surface area contributed by atoms with Crippen LogP contribution < -0.4 is 30.7 Å². The zero-order valence-corrected chi connectivity index (χ0v) is 51.2. The van der Waals surface area contributed by atoms with Crippen LogP contribution >= 0.6 is 46.4 Å². The molecule has 6 aromatic carbocycles. The molecule has 0 radical (unpaired) electrons. The highest BCUT2D eigenvalue weighted by Gasteiger charge is 2.63. The number of hydrogen-bond acceptors (Lipinski definition) is 11. The Balaban J connectivity index is 0.000000246. The van der Waals surface area contributed by atoms with Crippen molar-refractivity contribution in [3.63, 3.8) is 0 Å². The van der Waals surface area contributed by atoms with Crippen LogP contribution in [0, 0.1) is 56.8 Å². The van der Waals surface area contributed by atoms with E-state index in [1.165, 1.54) is 111 Å². The maximum absolute atomic E-state index is 15.9. The molecule has 2 heterocycles. The van der Waals surface area contributed by atoms with E-state index in [-0.39, 0.29) is 83.0 Å². The van der Waals surface area contributed by atoms with Gasteiger partial charge in [0.1, 0.15) is 45.6 Å². The monoisotopic (exact) mass is 1260 g/mol. The van der Waals surface area contributed by atoms with Gasteiger partial charge in [0.15, 0.2) is 0 Å². The first-order valence-corrected chi connectivity index (χ1v) is 28.5. The van der Waals surface area contributed by atoms with Gasteiger partial charge < -0.3 is 40.6 Å². The van der Waals surface area contributed by atoms with Crippen molar-refractivity contribution in [1.29, 1.82) is 10.5 Å². The number of benzene rings is 6. The summed E-state index contributed by atoms with van der Waals surface area (Å²) in [6.45, 7) is 13.5. The van der Waals surface area contributed by atoms with Gasteiger partial charge in [-0.25, -0.2) is 27.2 Å². The van der Waals surface area contributed by atoms with Gasteiger partial charge in [-0.15, -0.1) is 0 Å². The molecule has 0 spiro atoms. The number of hydrogen-bond donors (Lipinski definition) is 5. The summed E-state index contributed by atoms with van der Waals surface area (Å²) in [4.78, 5) is 51.9. The Hall–Kier alpha value is -7.42. The predicted molar refractivity (Wildman–Crippen MR) is 321 cm³/mol. The van der Waals surface area contributed by atoms with Gasteiger partial charge in [-0.05, 0) is 115 Å². The minimum absolute atomic E-state index is 0.0257. The highest BCUT2D eigenvalue weighted by Crippen LogP contribution is 2.55. The average molecular weight is 1260 g/mol. The number of carboxylic acid groups (broad SMARTS) is 1. The van der Waals surface area contributed by atoms with Gasteiger partial charge in [-0.3, -0.25) is 9.59 Å². The Morgan fingerprint density at radius 1 is 0.605 bits per heavy atom. The zero-order valence-electron chi connectivity index (χ0n) is 48.2. The molecule has 8 rings (SSSR count). The van der Waals surface area contributed by atoms with E-state index < -0.39 is 105 Å². The van der Waals surface area contributed by atoms with Gasteiger partial charge in [0.2, 0.25) is 11.8 Å². The number of nitrogens with one attached hydrogen (secondary N) is 4. The molecule has 86 heavy (non-hydrogen) atoms. The molecule has 2 saturated heterocycles. The predicted octanol–water partition coefficient (Wildman–Crippen LogP) is 14.4. The average Bonchev–Trinajstić information content (AvgIpc) is 1.54. The van der Waals surface area contributed by atoms with E-state index in [2.05, 4.69) is 33.4 Å². The number of aromatic carboxylic acids is 1. The first kappa shape index (κ1) is 66.1. The standard InChI is InChI=1S/C33H33Cl2F2N3O4.C31H29Cl2F2N3O4/c1-6-44-31(42)18-10-13-24(25(14-18)43-5)39-30(41)29-27(20-8-7-9-22(35)28(20)37)33(17-38,26(40-29)16-32(2,3)4)21-12-11-19(34)15-23(21)36;1-30(2,3)14-24-31(15-36,19-10-9-17(32)13-21(19)34)25(18-6-5-7-20(33)26(18)35)27(38-24)28(39)37-22-11-8-16(29(40)41)12-23(22)42-4/h7-15,26-27,29,40H,6,16H2,1-5H3,(H,39,41);5-13,24-25,27,38H,14H2,1-4H3,(H,37,39)(H,40,41)/t26-,27-,29+,33-;24-,25-,27+,31-/m00/s1. The number of nitrogens with zero attached hydrogens (tertiary/aromatic N) is 2. The molecule has 0 saturated carbocycles. The number of amides is 2. The first-order chi connectivity index (χ1) is 40.5. The largest absolute Gasteiger partial charge is 0.495 e. The molecule has 5 N–H and O–H groups in total. The highest BCUT2D eigenvalue weighted by molar-refractivity contribution is 6.31. The molecule has 6 aromatic rings. The lowest BCUT2D eigenvalue weighted by Crippen LogP contribution is -2.45. The van der Waals surface area contributed by atoms with Crippen LogP contribution in [0.5, 0.6) is 11.5 Å². The number of halogens is 8. The normalized spacial score (nSPS) is 21.7. The maximum atomic E-state index is 15.9. The molecule has 2 aliphatic rings. The Morgan fingerprint density at radius 3 is 1.35 bits per heavy atom. The summed E-state index contributed by atoms with van der Waals surface area (Å²) in [6.07, 6.45) is 0.629. The summed E-state index contributed by atoms with van der Waals surface area (Å²) in [7, 11) is 2.69. The third-order valence-electron chi connectivity index (χ3n) is 15.1. The summed E-state index contributed by atoms with van der Waals surface area (Å²) in [5, 5.41) is 43.1. The summed E-state index contributed by atoms with van der Waals surface area (Å²) >= 11 is 24.5. The quantitative estimate of drug-likeness (QED) is 0.0480. The van der Waals surface area contributed by atoms with E-state index in [4.69, 9.17) is 60.6 Å². The number of carbonyl (C=O) groups is 4. The van der Waals surface area contributed by atoms with Crippen LogP contribution in [0.2, 0.25) is 20.1 Å². The van der Waals surface area contributed by atoms with Gasteiger partial charge in [0.25, 0.3) is 0 Å². The summed E-state index contributed by atoms with van der Waals surface area (Å²) in [6, 6.07) is 25.2. The van der Waals surface area contributed by atoms with Gasteiger partial charge in [0, 0.05) is 45.1 Å². The van der Waals surface area contributed by atoms with Crippen molar-refractivity contribution in [2.24, 2.45) is 10.8 Å². The van der Waals surface area contributed by atoms with Crippen LogP contribution in [-0.2, 0) is 25.2 Å². The van der Waals surface area contributed by atoms with E-state index in [0.717, 1.165) is 12.1 Å². The lowest BCUT2D eigenvalue weighted by atomic mass is 9.62. The van der Waals surface area contributed by atoms with Gasteiger partial charge in [-0.1, -0.05) is 124 Å². The van der Waals surface area contributed by atoms with Crippen LogP contribution in [0.25, 0.3) is 0 Å². The van der Waals surface area contributed by atoms with Crippen molar-refractivity contribution in [2.75, 3.05) is 31.5 Å². The van der Waals surface area contributed by atoms with Crippen molar-refractivity contribution in [2.45, 2.75) is 108 Å². The van der Waals surface area contributed by atoms with E-state index in [1.807, 2.05) is 41.5 Å². The van der Waals surface area contributed by atoms with E-state index in [9.17, 15) is 34.8 Å². The Bertz CT molecular complexity index is 3680. The summed E-state index contributed by atoms with van der Waals surface area (Å²) in [5.41, 5.74) is -3.96. The van der Waals surface area contributed by atoms with Crippen LogP contribution in [0.3, 0.4) is 0 Å². The zero-order chi connectivity index (χ0) is 63.4. The Labute approximate surface area is 516 Å². The fourth-order valence-electron chi connectivity index (χ4n) is 11.6.